The predicted octanol–water partition coefficient (Wildman–Crippen LogP) is 2.71. The summed E-state index contributed by atoms with van der Waals surface area (Å²) in [6.07, 6.45) is 4.75. The highest BCUT2D eigenvalue weighted by Crippen LogP contribution is 2.31. The smallest absolute Gasteiger partial charge is 0.229 e. The zero-order chi connectivity index (χ0) is 15.6. The van der Waals surface area contributed by atoms with Gasteiger partial charge in [0.2, 0.25) is 5.95 Å². The Balaban J connectivity index is 1.54. The van der Waals surface area contributed by atoms with E-state index in [4.69, 9.17) is 4.74 Å². The number of rotatable bonds is 5. The third kappa shape index (κ3) is 2.73. The maximum atomic E-state index is 5.18. The van der Waals surface area contributed by atoms with E-state index in [1.54, 1.807) is 7.11 Å². The quantitative estimate of drug-likeness (QED) is 0.758. The molecule has 1 aliphatic rings. The van der Waals surface area contributed by atoms with Crippen molar-refractivity contribution in [1.82, 2.24) is 15.0 Å². The fourth-order valence-electron chi connectivity index (χ4n) is 3.01. The van der Waals surface area contributed by atoms with Gasteiger partial charge in [-0.1, -0.05) is 0 Å². The number of H-pyrrole nitrogens is 1. The Morgan fingerprint density at radius 1 is 1.35 bits per heavy atom. The topological polar surface area (TPSA) is 66.1 Å². The lowest BCUT2D eigenvalue weighted by molar-refractivity contribution is 0.205. The molecule has 3 aromatic rings. The number of anilines is 3. The zero-order valence-electron chi connectivity index (χ0n) is 13.0. The third-order valence-electron chi connectivity index (χ3n) is 4.19. The fraction of sp³-hybridized carbons (Fsp3) is 0.294. The van der Waals surface area contributed by atoms with Crippen LogP contribution in [0.25, 0.3) is 11.0 Å². The lowest BCUT2D eigenvalue weighted by Gasteiger charge is -2.18. The molecule has 0 fully saturated rings. The van der Waals surface area contributed by atoms with Gasteiger partial charge in [0.1, 0.15) is 5.65 Å². The number of aromatic nitrogens is 3. The highest BCUT2D eigenvalue weighted by atomic mass is 16.5. The van der Waals surface area contributed by atoms with E-state index >= 15 is 0 Å². The molecule has 2 N–H and O–H groups in total. The van der Waals surface area contributed by atoms with E-state index in [0.717, 1.165) is 42.8 Å². The second-order valence-corrected chi connectivity index (χ2v) is 5.67. The van der Waals surface area contributed by atoms with Crippen LogP contribution in [0.3, 0.4) is 0 Å². The number of methoxy groups -OCH3 is 1. The highest BCUT2D eigenvalue weighted by molar-refractivity contribution is 5.76. The number of hydrogen-bond acceptors (Lipinski definition) is 5. The van der Waals surface area contributed by atoms with Crippen molar-refractivity contribution >= 4 is 28.4 Å². The largest absolute Gasteiger partial charge is 0.383 e. The molecule has 0 saturated heterocycles. The Labute approximate surface area is 134 Å². The number of hydrogen-bond donors (Lipinski definition) is 2. The molecule has 2 aromatic heterocycles. The molecule has 0 radical (unpaired) electrons. The molecule has 23 heavy (non-hydrogen) atoms. The molecule has 4 rings (SSSR count). The second kappa shape index (κ2) is 5.89. The van der Waals surface area contributed by atoms with Crippen molar-refractivity contribution in [2.45, 2.75) is 6.42 Å². The summed E-state index contributed by atoms with van der Waals surface area (Å²) >= 11 is 0. The van der Waals surface area contributed by atoms with Crippen LogP contribution in [0.15, 0.2) is 36.7 Å². The molecule has 1 aromatic carbocycles. The number of benzene rings is 1. The van der Waals surface area contributed by atoms with Crippen LogP contribution in [-0.4, -0.2) is 41.8 Å². The van der Waals surface area contributed by atoms with Gasteiger partial charge in [0.15, 0.2) is 0 Å². The average Bonchev–Trinajstić information content (AvgIpc) is 3.18. The maximum Gasteiger partial charge on any atom is 0.229 e. The summed E-state index contributed by atoms with van der Waals surface area (Å²) in [7, 11) is 1.74. The van der Waals surface area contributed by atoms with Crippen molar-refractivity contribution in [2.75, 3.05) is 37.0 Å². The normalized spacial score (nSPS) is 13.5. The molecule has 0 spiro atoms. The summed E-state index contributed by atoms with van der Waals surface area (Å²) in [5.41, 5.74) is 4.51. The predicted molar refractivity (Wildman–Crippen MR) is 91.4 cm³/mol. The number of ether oxygens (including phenoxy) is 1. The second-order valence-electron chi connectivity index (χ2n) is 5.67. The zero-order valence-corrected chi connectivity index (χ0v) is 13.0. The molecule has 0 saturated carbocycles. The average molecular weight is 309 g/mol. The van der Waals surface area contributed by atoms with E-state index in [1.165, 1.54) is 11.3 Å². The van der Waals surface area contributed by atoms with Crippen molar-refractivity contribution < 1.29 is 4.74 Å². The summed E-state index contributed by atoms with van der Waals surface area (Å²) in [6.45, 7) is 2.74. The van der Waals surface area contributed by atoms with Crippen molar-refractivity contribution in [3.8, 4) is 0 Å². The fourth-order valence-corrected chi connectivity index (χ4v) is 3.01. The van der Waals surface area contributed by atoms with Gasteiger partial charge in [-0.05, 0) is 36.2 Å². The first kappa shape index (κ1) is 14.0. The Morgan fingerprint density at radius 2 is 2.30 bits per heavy atom. The maximum absolute atomic E-state index is 5.18. The van der Waals surface area contributed by atoms with Crippen LogP contribution < -0.4 is 10.2 Å². The molecule has 0 aliphatic carbocycles. The molecule has 0 atom stereocenters. The van der Waals surface area contributed by atoms with E-state index in [-0.39, 0.29) is 0 Å². The van der Waals surface area contributed by atoms with Gasteiger partial charge in [-0.15, -0.1) is 0 Å². The Hall–Kier alpha value is -2.60. The van der Waals surface area contributed by atoms with Crippen molar-refractivity contribution in [2.24, 2.45) is 0 Å². The van der Waals surface area contributed by atoms with Crippen molar-refractivity contribution in [3.05, 3.63) is 42.2 Å². The highest BCUT2D eigenvalue weighted by Gasteiger charge is 2.18. The molecule has 1 aliphatic heterocycles. The molecule has 0 unspecified atom stereocenters. The summed E-state index contributed by atoms with van der Waals surface area (Å²) in [6, 6.07) is 8.38. The summed E-state index contributed by atoms with van der Waals surface area (Å²) < 4.78 is 5.18. The van der Waals surface area contributed by atoms with Crippen LogP contribution in [0.2, 0.25) is 0 Å². The first-order valence-electron chi connectivity index (χ1n) is 7.77. The van der Waals surface area contributed by atoms with Gasteiger partial charge in [-0.3, -0.25) is 0 Å². The number of nitrogens with zero attached hydrogens (tertiary/aromatic N) is 3. The van der Waals surface area contributed by atoms with Crippen molar-refractivity contribution in [3.63, 3.8) is 0 Å². The number of nitrogens with one attached hydrogen (secondary N) is 2. The molecule has 0 bridgehead atoms. The van der Waals surface area contributed by atoms with Gasteiger partial charge < -0.3 is 19.9 Å². The lowest BCUT2D eigenvalue weighted by atomic mass is 10.1. The number of fused-ring (bicyclic) bond motifs is 2. The standard InChI is InChI=1S/C17H19N5O/c1-23-9-8-22-7-5-12-10-14(2-3-15(12)22)20-17-19-11-13-4-6-18-16(13)21-17/h2-4,6,10-11H,5,7-9H2,1H3,(H2,18,19,20,21). The van der Waals surface area contributed by atoms with Gasteiger partial charge in [-0.25, -0.2) is 4.98 Å². The minimum Gasteiger partial charge on any atom is -0.383 e. The molecular weight excluding hydrogens is 290 g/mol. The minimum atomic E-state index is 0.606. The Kier molecular flexibility index (Phi) is 3.59. The van der Waals surface area contributed by atoms with E-state index in [0.29, 0.717) is 5.95 Å². The third-order valence-corrected chi connectivity index (χ3v) is 4.19. The Morgan fingerprint density at radius 3 is 3.22 bits per heavy atom. The van der Waals surface area contributed by atoms with E-state index in [9.17, 15) is 0 Å². The molecule has 118 valence electrons. The van der Waals surface area contributed by atoms with Crippen LogP contribution in [0, 0.1) is 0 Å². The summed E-state index contributed by atoms with van der Waals surface area (Å²) in [5, 5.41) is 4.30. The number of aromatic amines is 1. The van der Waals surface area contributed by atoms with E-state index in [2.05, 4.69) is 43.4 Å². The molecule has 6 nitrogen and oxygen atoms in total. The van der Waals surface area contributed by atoms with Crippen LogP contribution in [0.5, 0.6) is 0 Å². The van der Waals surface area contributed by atoms with Crippen LogP contribution in [0.1, 0.15) is 5.56 Å². The van der Waals surface area contributed by atoms with Gasteiger partial charge in [-0.2, -0.15) is 4.98 Å². The first-order chi connectivity index (χ1) is 11.3. The molecule has 0 amide bonds. The van der Waals surface area contributed by atoms with Gasteiger partial charge in [0, 0.05) is 49.4 Å². The van der Waals surface area contributed by atoms with Gasteiger partial charge >= 0.3 is 0 Å². The minimum absolute atomic E-state index is 0.606. The molecule has 3 heterocycles. The van der Waals surface area contributed by atoms with E-state index in [1.807, 2.05) is 18.5 Å². The van der Waals surface area contributed by atoms with Gasteiger partial charge in [0.25, 0.3) is 0 Å². The van der Waals surface area contributed by atoms with Crippen LogP contribution >= 0.6 is 0 Å². The monoisotopic (exact) mass is 309 g/mol. The SMILES string of the molecule is COCCN1CCc2cc(Nc3ncc4cc[nH]c4n3)ccc21. The van der Waals surface area contributed by atoms with Crippen molar-refractivity contribution in [1.29, 1.82) is 0 Å². The molecule has 6 heteroatoms. The van der Waals surface area contributed by atoms with Crippen LogP contribution in [0.4, 0.5) is 17.3 Å². The van der Waals surface area contributed by atoms with Gasteiger partial charge in [0.05, 0.1) is 6.61 Å². The first-order valence-corrected chi connectivity index (χ1v) is 7.77. The van der Waals surface area contributed by atoms with E-state index < -0.39 is 0 Å². The molecular formula is C17H19N5O. The van der Waals surface area contributed by atoms with Crippen LogP contribution in [-0.2, 0) is 11.2 Å². The summed E-state index contributed by atoms with van der Waals surface area (Å²) in [5.74, 6) is 0.606. The summed E-state index contributed by atoms with van der Waals surface area (Å²) in [4.78, 5) is 14.3. The Bertz CT molecular complexity index is 829. The lowest BCUT2D eigenvalue weighted by Crippen LogP contribution is -2.24.